The van der Waals surface area contributed by atoms with E-state index in [1.54, 1.807) is 6.92 Å². The minimum atomic E-state index is -0.163. The average molecular weight is 275 g/mol. The maximum atomic E-state index is 12.1. The third-order valence-electron chi connectivity index (χ3n) is 2.85. The van der Waals surface area contributed by atoms with Crippen molar-refractivity contribution in [3.05, 3.63) is 40.4 Å². The Balaban J connectivity index is 2.13. The number of nitrogens with one attached hydrogen (secondary N) is 1. The zero-order valence-electron chi connectivity index (χ0n) is 11.2. The van der Waals surface area contributed by atoms with Gasteiger partial charge in [-0.15, -0.1) is 0 Å². The minimum absolute atomic E-state index is 0.163. The molecule has 0 aliphatic rings. The number of anilines is 2. The first-order valence-electron chi connectivity index (χ1n) is 6.11. The van der Waals surface area contributed by atoms with Crippen LogP contribution in [0.15, 0.2) is 24.3 Å². The lowest BCUT2D eigenvalue weighted by Crippen LogP contribution is -2.11. The molecule has 0 unspecified atom stereocenters. The lowest BCUT2D eigenvalue weighted by Gasteiger charge is -2.07. The highest BCUT2D eigenvalue weighted by atomic mass is 32.1. The van der Waals surface area contributed by atoms with E-state index < -0.39 is 0 Å². The van der Waals surface area contributed by atoms with Gasteiger partial charge in [-0.25, -0.2) is 4.98 Å². The molecule has 0 saturated carbocycles. The highest BCUT2D eigenvalue weighted by Crippen LogP contribution is 2.22. The molecule has 19 heavy (non-hydrogen) atoms. The van der Waals surface area contributed by atoms with Gasteiger partial charge in [0.15, 0.2) is 5.13 Å². The molecular weight excluding hydrogens is 258 g/mol. The fourth-order valence-corrected chi connectivity index (χ4v) is 2.50. The molecule has 1 aromatic carbocycles. The molecule has 4 nitrogen and oxygen atoms in total. The second-order valence-corrected chi connectivity index (χ2v) is 5.73. The van der Waals surface area contributed by atoms with Crippen molar-refractivity contribution < 1.29 is 4.79 Å². The number of aryl methyl sites for hydroxylation is 1. The molecule has 0 radical (unpaired) electrons. The van der Waals surface area contributed by atoms with Crippen molar-refractivity contribution in [2.45, 2.75) is 26.7 Å². The van der Waals surface area contributed by atoms with Crippen molar-refractivity contribution in [1.82, 2.24) is 4.98 Å². The van der Waals surface area contributed by atoms with Gasteiger partial charge in [0.1, 0.15) is 4.88 Å². The first kappa shape index (κ1) is 13.5. The topological polar surface area (TPSA) is 68.0 Å². The number of hydrogen-bond acceptors (Lipinski definition) is 4. The van der Waals surface area contributed by atoms with Crippen molar-refractivity contribution in [2.24, 2.45) is 0 Å². The first-order chi connectivity index (χ1) is 8.97. The van der Waals surface area contributed by atoms with Gasteiger partial charge in [-0.1, -0.05) is 37.3 Å². The van der Waals surface area contributed by atoms with E-state index in [4.69, 9.17) is 5.73 Å². The molecule has 0 atom stereocenters. The van der Waals surface area contributed by atoms with E-state index in [1.807, 2.05) is 24.3 Å². The summed E-state index contributed by atoms with van der Waals surface area (Å²) in [6.45, 7) is 6.05. The Hall–Kier alpha value is -1.88. The molecule has 100 valence electrons. The highest BCUT2D eigenvalue weighted by molar-refractivity contribution is 7.17. The molecule has 2 rings (SSSR count). The molecular formula is C14H17N3OS. The Morgan fingerprint density at radius 3 is 2.42 bits per heavy atom. The number of nitrogens with two attached hydrogens (primary N) is 1. The maximum Gasteiger partial charge on any atom is 0.267 e. The van der Waals surface area contributed by atoms with Gasteiger partial charge in [0.2, 0.25) is 0 Å². The fourth-order valence-electron chi connectivity index (χ4n) is 1.77. The molecule has 0 aliphatic heterocycles. The van der Waals surface area contributed by atoms with Crippen LogP contribution in [0.5, 0.6) is 0 Å². The molecule has 2 aromatic rings. The Labute approximate surface area is 116 Å². The van der Waals surface area contributed by atoms with Gasteiger partial charge in [-0.3, -0.25) is 4.79 Å². The van der Waals surface area contributed by atoms with Crippen LogP contribution in [-0.4, -0.2) is 10.9 Å². The summed E-state index contributed by atoms with van der Waals surface area (Å²) >= 11 is 1.20. The van der Waals surface area contributed by atoms with Gasteiger partial charge in [0.05, 0.1) is 5.69 Å². The van der Waals surface area contributed by atoms with Crippen LogP contribution in [0.2, 0.25) is 0 Å². The summed E-state index contributed by atoms with van der Waals surface area (Å²) in [5, 5.41) is 3.27. The maximum absolute atomic E-state index is 12.1. The molecule has 5 heteroatoms. The number of carbonyl (C=O) groups is 1. The van der Waals surface area contributed by atoms with Gasteiger partial charge in [-0.2, -0.15) is 0 Å². The smallest absolute Gasteiger partial charge is 0.267 e. The van der Waals surface area contributed by atoms with E-state index in [-0.39, 0.29) is 5.91 Å². The number of benzene rings is 1. The Morgan fingerprint density at radius 1 is 1.32 bits per heavy atom. The third kappa shape index (κ3) is 3.12. The lowest BCUT2D eigenvalue weighted by atomic mass is 10.0. The number of nitrogen functional groups attached to an aromatic ring is 1. The molecule has 3 N–H and O–H groups in total. The van der Waals surface area contributed by atoms with Crippen molar-refractivity contribution in [2.75, 3.05) is 11.1 Å². The number of aromatic nitrogens is 1. The second-order valence-electron chi connectivity index (χ2n) is 4.70. The van der Waals surface area contributed by atoms with Crippen molar-refractivity contribution in [3.63, 3.8) is 0 Å². The zero-order chi connectivity index (χ0) is 14.0. The third-order valence-corrected chi connectivity index (χ3v) is 3.84. The van der Waals surface area contributed by atoms with E-state index in [2.05, 4.69) is 24.1 Å². The lowest BCUT2D eigenvalue weighted by molar-refractivity contribution is 0.103. The summed E-state index contributed by atoms with van der Waals surface area (Å²) in [7, 11) is 0. The van der Waals surface area contributed by atoms with Crippen LogP contribution >= 0.6 is 11.3 Å². The number of thiazole rings is 1. The average Bonchev–Trinajstić information content (AvgIpc) is 2.69. The number of nitrogens with zero attached hydrogens (tertiary/aromatic N) is 1. The van der Waals surface area contributed by atoms with E-state index in [0.717, 1.165) is 5.69 Å². The molecule has 0 spiro atoms. The molecule has 0 saturated heterocycles. The molecule has 0 aliphatic carbocycles. The predicted molar refractivity (Wildman–Crippen MR) is 79.7 cm³/mol. The normalized spacial score (nSPS) is 10.7. The summed E-state index contributed by atoms with van der Waals surface area (Å²) in [4.78, 5) is 16.7. The molecule has 1 aromatic heterocycles. The number of hydrogen-bond donors (Lipinski definition) is 2. The highest BCUT2D eigenvalue weighted by Gasteiger charge is 2.14. The molecule has 1 amide bonds. The number of rotatable bonds is 3. The van der Waals surface area contributed by atoms with E-state index in [9.17, 15) is 4.79 Å². The van der Waals surface area contributed by atoms with Crippen LogP contribution in [0.25, 0.3) is 0 Å². The predicted octanol–water partition coefficient (Wildman–Crippen LogP) is 3.41. The quantitative estimate of drug-likeness (QED) is 0.902. The van der Waals surface area contributed by atoms with Gasteiger partial charge in [-0.05, 0) is 30.5 Å². The van der Waals surface area contributed by atoms with Gasteiger partial charge >= 0.3 is 0 Å². The van der Waals surface area contributed by atoms with Crippen molar-refractivity contribution in [3.8, 4) is 0 Å². The standard InChI is InChI=1S/C14H17N3OS/c1-8(2)10-4-6-11(7-5-10)17-13(18)12-9(3)16-14(15)19-12/h4-8H,1-3H3,(H2,15,16)(H,17,18). The summed E-state index contributed by atoms with van der Waals surface area (Å²) < 4.78 is 0. The van der Waals surface area contributed by atoms with E-state index >= 15 is 0 Å². The van der Waals surface area contributed by atoms with Gasteiger partial charge < -0.3 is 11.1 Å². The van der Waals surface area contributed by atoms with Gasteiger partial charge in [0, 0.05) is 5.69 Å². The summed E-state index contributed by atoms with van der Waals surface area (Å²) in [5.41, 5.74) is 8.28. The van der Waals surface area contributed by atoms with Crippen molar-refractivity contribution in [1.29, 1.82) is 0 Å². The molecule has 1 heterocycles. The zero-order valence-corrected chi connectivity index (χ0v) is 12.0. The molecule has 0 bridgehead atoms. The number of amides is 1. The van der Waals surface area contributed by atoms with Gasteiger partial charge in [0.25, 0.3) is 5.91 Å². The fraction of sp³-hybridized carbons (Fsp3) is 0.286. The second kappa shape index (κ2) is 5.40. The monoisotopic (exact) mass is 275 g/mol. The Morgan fingerprint density at radius 2 is 1.95 bits per heavy atom. The van der Waals surface area contributed by atoms with Crippen LogP contribution in [-0.2, 0) is 0 Å². The molecule has 0 fully saturated rings. The summed E-state index contributed by atoms with van der Waals surface area (Å²) in [6, 6.07) is 7.86. The van der Waals surface area contributed by atoms with E-state index in [1.165, 1.54) is 16.9 Å². The summed E-state index contributed by atoms with van der Waals surface area (Å²) in [6.07, 6.45) is 0. The largest absolute Gasteiger partial charge is 0.375 e. The SMILES string of the molecule is Cc1nc(N)sc1C(=O)Nc1ccc(C(C)C)cc1. The van der Waals surface area contributed by atoms with Crippen LogP contribution in [0.1, 0.15) is 40.7 Å². The van der Waals surface area contributed by atoms with Crippen LogP contribution in [0, 0.1) is 6.92 Å². The van der Waals surface area contributed by atoms with Crippen LogP contribution in [0.3, 0.4) is 0 Å². The van der Waals surface area contributed by atoms with Crippen LogP contribution in [0.4, 0.5) is 10.8 Å². The summed E-state index contributed by atoms with van der Waals surface area (Å²) in [5.74, 6) is 0.317. The minimum Gasteiger partial charge on any atom is -0.375 e. The van der Waals surface area contributed by atoms with Crippen molar-refractivity contribution >= 4 is 28.1 Å². The first-order valence-corrected chi connectivity index (χ1v) is 6.93. The Bertz CT molecular complexity index is 587. The van der Waals surface area contributed by atoms with Crippen LogP contribution < -0.4 is 11.1 Å². The Kier molecular flexibility index (Phi) is 3.85. The van der Waals surface area contributed by atoms with E-state index in [0.29, 0.717) is 21.6 Å². The number of carbonyl (C=O) groups excluding carboxylic acids is 1.